The number of aliphatic hydroxyl groups excluding tert-OH is 2. The van der Waals surface area contributed by atoms with Crippen LogP contribution in [0.25, 0.3) is 0 Å². The van der Waals surface area contributed by atoms with Gasteiger partial charge in [0.15, 0.2) is 0 Å². The molecule has 0 saturated carbocycles. The Balaban J connectivity index is 2.33. The van der Waals surface area contributed by atoms with E-state index in [9.17, 15) is 0 Å². The Morgan fingerprint density at radius 1 is 1.60 bits per heavy atom. The molecule has 3 N–H and O–H groups in total. The maximum atomic E-state index is 9.10. The summed E-state index contributed by atoms with van der Waals surface area (Å²) in [6, 6.07) is 0. The van der Waals surface area contributed by atoms with E-state index < -0.39 is 6.10 Å². The third-order valence-electron chi connectivity index (χ3n) is 2.00. The van der Waals surface area contributed by atoms with E-state index >= 15 is 0 Å². The molecule has 0 aliphatic rings. The fraction of sp³-hybridized carbons (Fsp3) is 0.778. The topological polar surface area (TPSA) is 83.2 Å². The first-order valence-corrected chi connectivity index (χ1v) is 5.14. The molecule has 0 aliphatic carbocycles. The molecule has 6 heteroatoms. The van der Waals surface area contributed by atoms with Crippen LogP contribution >= 0.6 is 0 Å². The van der Waals surface area contributed by atoms with Crippen LogP contribution in [-0.4, -0.2) is 44.2 Å². The minimum Gasteiger partial charge on any atom is -0.394 e. The standard InChI is InChI=1S/C9H18N4O2/c1-2-3-13-9(11-7-12-13)5-10-4-8(15)6-14/h7-8,10,14-15H,2-6H2,1H3. The summed E-state index contributed by atoms with van der Waals surface area (Å²) >= 11 is 0. The SMILES string of the molecule is CCCn1ncnc1CNCC(O)CO. The molecule has 0 spiro atoms. The van der Waals surface area contributed by atoms with Gasteiger partial charge >= 0.3 is 0 Å². The molecular formula is C9H18N4O2. The normalized spacial score (nSPS) is 13.0. The maximum Gasteiger partial charge on any atom is 0.140 e. The first-order valence-electron chi connectivity index (χ1n) is 5.14. The summed E-state index contributed by atoms with van der Waals surface area (Å²) in [4.78, 5) is 4.10. The number of aryl methyl sites for hydroxylation is 1. The lowest BCUT2D eigenvalue weighted by molar-refractivity contribution is 0.0940. The number of hydrogen-bond acceptors (Lipinski definition) is 5. The van der Waals surface area contributed by atoms with Crippen molar-refractivity contribution < 1.29 is 10.2 Å². The summed E-state index contributed by atoms with van der Waals surface area (Å²) in [7, 11) is 0. The molecule has 1 aromatic rings. The summed E-state index contributed by atoms with van der Waals surface area (Å²) in [5.41, 5.74) is 0. The molecule has 1 heterocycles. The zero-order valence-electron chi connectivity index (χ0n) is 8.93. The molecule has 0 aromatic carbocycles. The van der Waals surface area contributed by atoms with Crippen LogP contribution in [0.1, 0.15) is 19.2 Å². The molecule has 0 aliphatic heterocycles. The Labute approximate surface area is 89.0 Å². The van der Waals surface area contributed by atoms with Crippen LogP contribution in [-0.2, 0) is 13.1 Å². The lowest BCUT2D eigenvalue weighted by Gasteiger charge is -2.09. The van der Waals surface area contributed by atoms with E-state index in [1.54, 1.807) is 0 Å². The number of aromatic nitrogens is 3. The molecule has 1 atom stereocenters. The van der Waals surface area contributed by atoms with Gasteiger partial charge in [0, 0.05) is 13.1 Å². The summed E-state index contributed by atoms with van der Waals surface area (Å²) in [6.45, 7) is 3.61. The van der Waals surface area contributed by atoms with Crippen LogP contribution in [0.2, 0.25) is 0 Å². The third-order valence-corrected chi connectivity index (χ3v) is 2.00. The molecule has 86 valence electrons. The largest absolute Gasteiger partial charge is 0.394 e. The van der Waals surface area contributed by atoms with Gasteiger partial charge in [-0.1, -0.05) is 6.92 Å². The molecule has 0 bridgehead atoms. The van der Waals surface area contributed by atoms with Gasteiger partial charge in [-0.3, -0.25) is 0 Å². The maximum absolute atomic E-state index is 9.10. The minimum absolute atomic E-state index is 0.228. The van der Waals surface area contributed by atoms with Gasteiger partial charge in [-0.25, -0.2) is 9.67 Å². The van der Waals surface area contributed by atoms with Crippen molar-refractivity contribution in [2.24, 2.45) is 0 Å². The number of aliphatic hydroxyl groups is 2. The van der Waals surface area contributed by atoms with Crippen molar-refractivity contribution in [2.45, 2.75) is 32.5 Å². The van der Waals surface area contributed by atoms with E-state index in [1.165, 1.54) is 6.33 Å². The van der Waals surface area contributed by atoms with Crippen molar-refractivity contribution in [2.75, 3.05) is 13.2 Å². The summed E-state index contributed by atoms with van der Waals surface area (Å²) in [5.74, 6) is 0.849. The number of rotatable bonds is 7. The molecule has 0 fully saturated rings. The zero-order valence-corrected chi connectivity index (χ0v) is 8.93. The van der Waals surface area contributed by atoms with E-state index in [0.717, 1.165) is 18.8 Å². The quantitative estimate of drug-likeness (QED) is 0.549. The van der Waals surface area contributed by atoms with Gasteiger partial charge in [-0.15, -0.1) is 0 Å². The van der Waals surface area contributed by atoms with Crippen LogP contribution in [0.5, 0.6) is 0 Å². The zero-order chi connectivity index (χ0) is 11.1. The van der Waals surface area contributed by atoms with E-state index in [4.69, 9.17) is 10.2 Å². The smallest absolute Gasteiger partial charge is 0.140 e. The number of nitrogens with zero attached hydrogens (tertiary/aromatic N) is 3. The van der Waals surface area contributed by atoms with Gasteiger partial charge in [0.2, 0.25) is 0 Å². The Kier molecular flexibility index (Phi) is 5.23. The highest BCUT2D eigenvalue weighted by molar-refractivity contribution is 4.83. The first kappa shape index (κ1) is 12.1. The summed E-state index contributed by atoms with van der Waals surface area (Å²) in [5, 5.41) is 24.8. The highest BCUT2D eigenvalue weighted by Crippen LogP contribution is 1.95. The van der Waals surface area contributed by atoms with E-state index in [1.807, 2.05) is 4.68 Å². The van der Waals surface area contributed by atoms with Crippen molar-refractivity contribution in [3.63, 3.8) is 0 Å². The molecule has 0 radical (unpaired) electrons. The predicted molar refractivity (Wildman–Crippen MR) is 55.1 cm³/mol. The van der Waals surface area contributed by atoms with Gasteiger partial charge < -0.3 is 15.5 Å². The van der Waals surface area contributed by atoms with Gasteiger partial charge in [0.25, 0.3) is 0 Å². The van der Waals surface area contributed by atoms with Crippen LogP contribution in [0.3, 0.4) is 0 Å². The second-order valence-corrected chi connectivity index (χ2v) is 3.37. The fourth-order valence-electron chi connectivity index (χ4n) is 1.24. The monoisotopic (exact) mass is 214 g/mol. The Hall–Kier alpha value is -0.980. The Bertz CT molecular complexity index is 277. The summed E-state index contributed by atoms with van der Waals surface area (Å²) in [6.07, 6.45) is 1.82. The molecule has 1 rings (SSSR count). The van der Waals surface area contributed by atoms with E-state index in [-0.39, 0.29) is 6.61 Å². The highest BCUT2D eigenvalue weighted by atomic mass is 16.3. The fourth-order valence-corrected chi connectivity index (χ4v) is 1.24. The molecule has 6 nitrogen and oxygen atoms in total. The molecule has 0 amide bonds. The van der Waals surface area contributed by atoms with Crippen molar-refractivity contribution in [3.05, 3.63) is 12.2 Å². The van der Waals surface area contributed by atoms with Crippen LogP contribution in [0, 0.1) is 0 Å². The van der Waals surface area contributed by atoms with E-state index in [0.29, 0.717) is 13.1 Å². The van der Waals surface area contributed by atoms with Gasteiger partial charge in [-0.2, -0.15) is 5.10 Å². The second kappa shape index (κ2) is 6.49. The van der Waals surface area contributed by atoms with Gasteiger partial charge in [0.1, 0.15) is 12.2 Å². The average Bonchev–Trinajstić information content (AvgIpc) is 2.66. The minimum atomic E-state index is -0.715. The lowest BCUT2D eigenvalue weighted by atomic mass is 10.4. The lowest BCUT2D eigenvalue weighted by Crippen LogP contribution is -2.30. The van der Waals surface area contributed by atoms with Gasteiger partial charge in [0.05, 0.1) is 19.3 Å². The van der Waals surface area contributed by atoms with Crippen molar-refractivity contribution >= 4 is 0 Å². The predicted octanol–water partition coefficient (Wildman–Crippen LogP) is -0.869. The molecular weight excluding hydrogens is 196 g/mol. The molecule has 1 unspecified atom stereocenters. The third kappa shape index (κ3) is 3.94. The highest BCUT2D eigenvalue weighted by Gasteiger charge is 2.04. The Morgan fingerprint density at radius 2 is 2.40 bits per heavy atom. The van der Waals surface area contributed by atoms with Crippen molar-refractivity contribution in [1.29, 1.82) is 0 Å². The molecule has 0 saturated heterocycles. The average molecular weight is 214 g/mol. The van der Waals surface area contributed by atoms with Crippen molar-refractivity contribution in [1.82, 2.24) is 20.1 Å². The number of hydrogen-bond donors (Lipinski definition) is 3. The van der Waals surface area contributed by atoms with Crippen LogP contribution < -0.4 is 5.32 Å². The van der Waals surface area contributed by atoms with Crippen molar-refractivity contribution in [3.8, 4) is 0 Å². The molecule has 15 heavy (non-hydrogen) atoms. The van der Waals surface area contributed by atoms with E-state index in [2.05, 4.69) is 22.3 Å². The molecule has 1 aromatic heterocycles. The van der Waals surface area contributed by atoms with Gasteiger partial charge in [-0.05, 0) is 6.42 Å². The second-order valence-electron chi connectivity index (χ2n) is 3.37. The first-order chi connectivity index (χ1) is 7.27. The Morgan fingerprint density at radius 3 is 3.07 bits per heavy atom. The number of nitrogens with one attached hydrogen (secondary N) is 1. The summed E-state index contributed by atoms with van der Waals surface area (Å²) < 4.78 is 1.83. The van der Waals surface area contributed by atoms with Crippen LogP contribution in [0.15, 0.2) is 6.33 Å². The van der Waals surface area contributed by atoms with Crippen LogP contribution in [0.4, 0.5) is 0 Å².